The third kappa shape index (κ3) is 5.17. The van der Waals surface area contributed by atoms with Crippen LogP contribution < -0.4 is 0 Å². The smallest absolute Gasteiger partial charge is 0.162 e. The van der Waals surface area contributed by atoms with Crippen molar-refractivity contribution in [3.05, 3.63) is 0 Å². The normalized spacial score (nSPS) is 19.6. The molecule has 0 aromatic carbocycles. The Bertz CT molecular complexity index is 140. The van der Waals surface area contributed by atoms with Crippen LogP contribution in [0.2, 0.25) is 0 Å². The molecule has 0 bridgehead atoms. The zero-order valence-electron chi connectivity index (χ0n) is 8.78. The van der Waals surface area contributed by atoms with Crippen LogP contribution in [0.3, 0.4) is 0 Å². The van der Waals surface area contributed by atoms with Crippen molar-refractivity contribution >= 4 is 0 Å². The van der Waals surface area contributed by atoms with Gasteiger partial charge in [0, 0.05) is 0 Å². The van der Waals surface area contributed by atoms with Crippen molar-refractivity contribution in [1.29, 1.82) is 0 Å². The van der Waals surface area contributed by atoms with Crippen molar-refractivity contribution in [2.45, 2.75) is 59.1 Å². The lowest BCUT2D eigenvalue weighted by Gasteiger charge is -2.24. The maximum atomic E-state index is 13.1. The van der Waals surface area contributed by atoms with Crippen molar-refractivity contribution in [2.24, 2.45) is 5.41 Å². The van der Waals surface area contributed by atoms with Crippen molar-refractivity contribution in [1.82, 2.24) is 0 Å². The molecule has 3 atom stereocenters. The second-order valence-corrected chi connectivity index (χ2v) is 4.65. The van der Waals surface area contributed by atoms with Gasteiger partial charge in [0.15, 0.2) is 6.17 Å². The number of halogens is 3. The van der Waals surface area contributed by atoms with Gasteiger partial charge in [0.25, 0.3) is 0 Å². The third-order valence-corrected chi connectivity index (χ3v) is 1.89. The first-order valence-electron chi connectivity index (χ1n) is 4.70. The zero-order valence-corrected chi connectivity index (χ0v) is 8.78. The molecule has 0 radical (unpaired) electrons. The van der Waals surface area contributed by atoms with E-state index in [0.29, 0.717) is 0 Å². The van der Waals surface area contributed by atoms with Gasteiger partial charge in [0.1, 0.15) is 12.3 Å². The highest BCUT2D eigenvalue weighted by Gasteiger charge is 2.31. The molecule has 0 aromatic rings. The van der Waals surface area contributed by atoms with Gasteiger partial charge in [-0.15, -0.1) is 0 Å². The standard InChI is InChI=1S/C10H19F3/c1-5-7(11)9(13)8(12)6-10(2,3)4/h7-9H,5-6H2,1-4H3. The van der Waals surface area contributed by atoms with E-state index >= 15 is 0 Å². The highest BCUT2D eigenvalue weighted by atomic mass is 19.2. The molecule has 0 aromatic heterocycles. The topological polar surface area (TPSA) is 0 Å². The molecule has 13 heavy (non-hydrogen) atoms. The molecule has 0 amide bonds. The van der Waals surface area contributed by atoms with Crippen LogP contribution >= 0.6 is 0 Å². The minimum absolute atomic E-state index is 0.0335. The second-order valence-electron chi connectivity index (χ2n) is 4.65. The van der Waals surface area contributed by atoms with E-state index in [1.165, 1.54) is 6.92 Å². The van der Waals surface area contributed by atoms with Crippen LogP contribution in [-0.4, -0.2) is 18.5 Å². The van der Waals surface area contributed by atoms with Gasteiger partial charge in [0.05, 0.1) is 0 Å². The van der Waals surface area contributed by atoms with E-state index in [-0.39, 0.29) is 18.3 Å². The predicted octanol–water partition coefficient (Wildman–Crippen LogP) is 3.85. The van der Waals surface area contributed by atoms with Crippen LogP contribution in [-0.2, 0) is 0 Å². The van der Waals surface area contributed by atoms with Crippen LogP contribution in [0, 0.1) is 5.41 Å². The van der Waals surface area contributed by atoms with E-state index in [0.717, 1.165) is 0 Å². The highest BCUT2D eigenvalue weighted by Crippen LogP contribution is 2.27. The lowest BCUT2D eigenvalue weighted by molar-refractivity contribution is 0.0566. The second kappa shape index (κ2) is 4.87. The molecule has 0 N–H and O–H groups in total. The summed E-state index contributed by atoms with van der Waals surface area (Å²) < 4.78 is 38.8. The van der Waals surface area contributed by atoms with Gasteiger partial charge in [-0.25, -0.2) is 13.2 Å². The van der Waals surface area contributed by atoms with Crippen molar-refractivity contribution in [3.63, 3.8) is 0 Å². The van der Waals surface area contributed by atoms with E-state index in [1.807, 2.05) is 20.8 Å². The first-order chi connectivity index (χ1) is 5.78. The molecule has 0 aliphatic heterocycles. The van der Waals surface area contributed by atoms with E-state index in [2.05, 4.69) is 0 Å². The Hall–Kier alpha value is -0.210. The summed E-state index contributed by atoms with van der Waals surface area (Å²) in [6.07, 6.45) is -5.23. The SMILES string of the molecule is CCC(F)C(F)C(F)CC(C)(C)C. The summed E-state index contributed by atoms with van der Waals surface area (Å²) in [7, 11) is 0. The molecule has 0 fully saturated rings. The fourth-order valence-electron chi connectivity index (χ4n) is 1.15. The number of alkyl halides is 3. The van der Waals surface area contributed by atoms with Crippen molar-refractivity contribution < 1.29 is 13.2 Å². The number of rotatable bonds is 4. The number of hydrogen-bond donors (Lipinski definition) is 0. The lowest BCUT2D eigenvalue weighted by atomic mass is 9.87. The third-order valence-electron chi connectivity index (χ3n) is 1.89. The zero-order chi connectivity index (χ0) is 10.6. The first-order valence-corrected chi connectivity index (χ1v) is 4.70. The van der Waals surface area contributed by atoms with E-state index in [4.69, 9.17) is 0 Å². The number of hydrogen-bond acceptors (Lipinski definition) is 0. The molecule has 3 heteroatoms. The minimum atomic E-state index is -1.97. The van der Waals surface area contributed by atoms with Gasteiger partial charge in [0.2, 0.25) is 0 Å². The van der Waals surface area contributed by atoms with Gasteiger partial charge in [-0.2, -0.15) is 0 Å². The summed E-state index contributed by atoms with van der Waals surface area (Å²) in [6, 6.07) is 0. The Kier molecular flexibility index (Phi) is 4.79. The Balaban J connectivity index is 4.03. The molecule has 0 saturated heterocycles. The van der Waals surface area contributed by atoms with Gasteiger partial charge >= 0.3 is 0 Å². The predicted molar refractivity (Wildman–Crippen MR) is 49.1 cm³/mol. The van der Waals surface area contributed by atoms with Gasteiger partial charge in [-0.1, -0.05) is 27.7 Å². The van der Waals surface area contributed by atoms with E-state index in [9.17, 15) is 13.2 Å². The summed E-state index contributed by atoms with van der Waals surface area (Å²) in [4.78, 5) is 0. The first kappa shape index (κ1) is 12.8. The summed E-state index contributed by atoms with van der Waals surface area (Å²) in [6.45, 7) is 6.95. The van der Waals surface area contributed by atoms with Crippen LogP contribution in [0.15, 0.2) is 0 Å². The lowest BCUT2D eigenvalue weighted by Crippen LogP contribution is -2.30. The molecular weight excluding hydrogens is 177 g/mol. The maximum absolute atomic E-state index is 13.1. The van der Waals surface area contributed by atoms with Crippen LogP contribution in [0.4, 0.5) is 13.2 Å². The highest BCUT2D eigenvalue weighted by molar-refractivity contribution is 4.79. The van der Waals surface area contributed by atoms with Gasteiger partial charge < -0.3 is 0 Å². The monoisotopic (exact) mass is 196 g/mol. The Morgan fingerprint density at radius 1 is 1.00 bits per heavy atom. The molecule has 0 aliphatic carbocycles. The van der Waals surface area contributed by atoms with E-state index < -0.39 is 18.5 Å². The molecular formula is C10H19F3. The Morgan fingerprint density at radius 2 is 1.46 bits per heavy atom. The fourth-order valence-corrected chi connectivity index (χ4v) is 1.15. The summed E-state index contributed by atoms with van der Waals surface area (Å²) in [5.74, 6) is 0. The van der Waals surface area contributed by atoms with Crippen LogP contribution in [0.5, 0.6) is 0 Å². The summed E-state index contributed by atoms with van der Waals surface area (Å²) in [5.41, 5.74) is -0.294. The van der Waals surface area contributed by atoms with Crippen LogP contribution in [0.25, 0.3) is 0 Å². The molecule has 0 aliphatic rings. The molecule has 0 saturated carbocycles. The van der Waals surface area contributed by atoms with Gasteiger partial charge in [-0.3, -0.25) is 0 Å². The molecule has 0 heterocycles. The quantitative estimate of drug-likeness (QED) is 0.640. The largest absolute Gasteiger partial charge is 0.244 e. The van der Waals surface area contributed by atoms with E-state index in [1.54, 1.807) is 0 Å². The summed E-state index contributed by atoms with van der Waals surface area (Å²) in [5, 5.41) is 0. The summed E-state index contributed by atoms with van der Waals surface area (Å²) >= 11 is 0. The molecule has 3 unspecified atom stereocenters. The van der Waals surface area contributed by atoms with Crippen molar-refractivity contribution in [2.75, 3.05) is 0 Å². The molecule has 0 rings (SSSR count). The Morgan fingerprint density at radius 3 is 1.77 bits per heavy atom. The maximum Gasteiger partial charge on any atom is 0.162 e. The molecule has 0 spiro atoms. The molecule has 0 nitrogen and oxygen atoms in total. The average molecular weight is 196 g/mol. The minimum Gasteiger partial charge on any atom is -0.244 e. The van der Waals surface area contributed by atoms with Crippen LogP contribution in [0.1, 0.15) is 40.5 Å². The average Bonchev–Trinajstić information content (AvgIpc) is 1.98. The van der Waals surface area contributed by atoms with Crippen molar-refractivity contribution in [3.8, 4) is 0 Å². The fraction of sp³-hybridized carbons (Fsp3) is 1.00. The molecule has 80 valence electrons. The van der Waals surface area contributed by atoms with Gasteiger partial charge in [-0.05, 0) is 18.3 Å². The Labute approximate surface area is 78.5 Å².